The van der Waals surface area contributed by atoms with Crippen molar-refractivity contribution >= 4 is 22.5 Å². The van der Waals surface area contributed by atoms with Crippen LogP contribution in [0.1, 0.15) is 92.1 Å². The molecule has 3 heteroatoms. The van der Waals surface area contributed by atoms with E-state index in [1.807, 2.05) is 44.2 Å². The molecule has 0 amide bonds. The monoisotopic (exact) mass is 484 g/mol. The van der Waals surface area contributed by atoms with Gasteiger partial charge in [0.05, 0.1) is 5.56 Å². The van der Waals surface area contributed by atoms with Gasteiger partial charge in [0.1, 0.15) is 11.6 Å². The minimum Gasteiger partial charge on any atom is -0.507 e. The molecule has 2 nitrogen and oxygen atoms in total. The number of benzene rings is 3. The van der Waals surface area contributed by atoms with Gasteiger partial charge in [0.25, 0.3) is 0 Å². The molecule has 1 atom stereocenters. The van der Waals surface area contributed by atoms with Crippen LogP contribution < -0.4 is 0 Å². The normalized spacial score (nSPS) is 13.2. The van der Waals surface area contributed by atoms with Crippen LogP contribution in [-0.2, 0) is 0 Å². The van der Waals surface area contributed by atoms with Gasteiger partial charge in [0.2, 0.25) is 0 Å². The Morgan fingerprint density at radius 3 is 2.17 bits per heavy atom. The third-order valence-corrected chi connectivity index (χ3v) is 6.94. The summed E-state index contributed by atoms with van der Waals surface area (Å²) in [4.78, 5) is 12.4. The van der Waals surface area contributed by atoms with E-state index < -0.39 is 0 Å². The number of aryl methyl sites for hydroxylation is 1. The van der Waals surface area contributed by atoms with Gasteiger partial charge >= 0.3 is 0 Å². The van der Waals surface area contributed by atoms with Gasteiger partial charge in [0.15, 0.2) is 5.78 Å². The molecule has 0 spiro atoms. The lowest BCUT2D eigenvalue weighted by molar-refractivity contribution is 0.101. The number of Topliss-reactive ketones (excluding diaryl/α,β-unsaturated/α-hetero) is 1. The predicted octanol–water partition coefficient (Wildman–Crippen LogP) is 9.23. The SMILES string of the molecule is C=C(/C(=C(\C)c1cc(O)c(C(C)=O)cc1[C@@H](CC)C(C)(C)C)c1cccc(F)c1)c1cccc(C)c1. The van der Waals surface area contributed by atoms with E-state index in [2.05, 4.69) is 40.3 Å². The van der Waals surface area contributed by atoms with Crippen LogP contribution >= 0.6 is 0 Å². The molecule has 0 aliphatic heterocycles. The molecule has 1 N–H and O–H groups in total. The van der Waals surface area contributed by atoms with Gasteiger partial charge in [0, 0.05) is 0 Å². The van der Waals surface area contributed by atoms with E-state index in [0.717, 1.165) is 45.4 Å². The highest BCUT2D eigenvalue weighted by molar-refractivity contribution is 6.14. The van der Waals surface area contributed by atoms with Crippen molar-refractivity contribution in [2.24, 2.45) is 5.41 Å². The Hall–Kier alpha value is -3.46. The number of carbonyl (C=O) groups excluding carboxylic acids is 1. The number of rotatable bonds is 7. The molecule has 188 valence electrons. The fourth-order valence-electron chi connectivity index (χ4n) is 5.17. The number of allylic oxidation sites excluding steroid dienone is 3. The maximum atomic E-state index is 14.4. The average molecular weight is 485 g/mol. The molecule has 0 heterocycles. The number of hydrogen-bond acceptors (Lipinski definition) is 2. The smallest absolute Gasteiger partial charge is 0.163 e. The second-order valence-electron chi connectivity index (χ2n) is 10.7. The van der Waals surface area contributed by atoms with Crippen molar-refractivity contribution in [3.05, 3.63) is 106 Å². The number of hydrogen-bond donors (Lipinski definition) is 1. The molecule has 36 heavy (non-hydrogen) atoms. The highest BCUT2D eigenvalue weighted by Crippen LogP contribution is 2.45. The number of aromatic hydroxyl groups is 1. The van der Waals surface area contributed by atoms with Gasteiger partial charge in [-0.3, -0.25) is 4.79 Å². The third kappa shape index (κ3) is 5.67. The molecule has 0 aliphatic carbocycles. The zero-order chi connectivity index (χ0) is 26.8. The standard InChI is InChI=1S/C33H37FO2/c1-9-30(33(6,7)8)29-18-28(23(5)35)31(36)19-27(29)22(4)32(25-14-11-15-26(34)17-25)21(3)24-13-10-12-20(2)16-24/h10-19,30,36H,3,9H2,1-2,4-8H3/b32-22-/t30-/m1/s1. The minimum absolute atomic E-state index is 0.0517. The second kappa shape index (κ2) is 10.7. The van der Waals surface area contributed by atoms with E-state index in [1.54, 1.807) is 12.1 Å². The van der Waals surface area contributed by atoms with Crippen LogP contribution in [0.5, 0.6) is 5.75 Å². The van der Waals surface area contributed by atoms with Crippen molar-refractivity contribution in [3.8, 4) is 5.75 Å². The predicted molar refractivity (Wildman–Crippen MR) is 150 cm³/mol. The largest absolute Gasteiger partial charge is 0.507 e. The third-order valence-electron chi connectivity index (χ3n) is 6.94. The molecular formula is C33H37FO2. The van der Waals surface area contributed by atoms with Crippen molar-refractivity contribution in [2.75, 3.05) is 0 Å². The number of phenolic OH excluding ortho intramolecular Hbond substituents is 1. The van der Waals surface area contributed by atoms with Crippen LogP contribution in [0.2, 0.25) is 0 Å². The summed E-state index contributed by atoms with van der Waals surface area (Å²) >= 11 is 0. The van der Waals surface area contributed by atoms with Gasteiger partial charge < -0.3 is 5.11 Å². The highest BCUT2D eigenvalue weighted by atomic mass is 19.1. The maximum Gasteiger partial charge on any atom is 0.163 e. The molecule has 3 aromatic carbocycles. The number of phenols is 1. The molecule has 0 fully saturated rings. The van der Waals surface area contributed by atoms with Crippen molar-refractivity contribution < 1.29 is 14.3 Å². The summed E-state index contributed by atoms with van der Waals surface area (Å²) in [7, 11) is 0. The molecular weight excluding hydrogens is 447 g/mol. The lowest BCUT2D eigenvalue weighted by Gasteiger charge is -2.33. The Morgan fingerprint density at radius 2 is 1.61 bits per heavy atom. The highest BCUT2D eigenvalue weighted by Gasteiger charge is 2.29. The van der Waals surface area contributed by atoms with Gasteiger partial charge in [-0.15, -0.1) is 0 Å². The van der Waals surface area contributed by atoms with E-state index >= 15 is 0 Å². The molecule has 0 saturated heterocycles. The summed E-state index contributed by atoms with van der Waals surface area (Å²) in [6, 6.07) is 18.1. The van der Waals surface area contributed by atoms with E-state index in [9.17, 15) is 14.3 Å². The van der Waals surface area contributed by atoms with Gasteiger partial charge in [-0.2, -0.15) is 0 Å². The quantitative estimate of drug-likeness (QED) is 0.206. The van der Waals surface area contributed by atoms with Crippen molar-refractivity contribution in [1.82, 2.24) is 0 Å². The Morgan fingerprint density at radius 1 is 0.972 bits per heavy atom. The van der Waals surface area contributed by atoms with E-state index in [1.165, 1.54) is 19.1 Å². The van der Waals surface area contributed by atoms with Gasteiger partial charge in [-0.25, -0.2) is 4.39 Å². The van der Waals surface area contributed by atoms with Crippen LogP contribution in [0.3, 0.4) is 0 Å². The molecule has 0 radical (unpaired) electrons. The first-order chi connectivity index (χ1) is 16.8. The maximum absolute atomic E-state index is 14.4. The first-order valence-electron chi connectivity index (χ1n) is 12.5. The summed E-state index contributed by atoms with van der Waals surface area (Å²) in [5.41, 5.74) is 7.28. The van der Waals surface area contributed by atoms with E-state index in [-0.39, 0.29) is 28.7 Å². The van der Waals surface area contributed by atoms with Crippen LogP contribution in [0.15, 0.2) is 67.2 Å². The topological polar surface area (TPSA) is 37.3 Å². The summed E-state index contributed by atoms with van der Waals surface area (Å²) in [6.45, 7) is 18.6. The zero-order valence-electron chi connectivity index (χ0n) is 22.5. The molecule has 3 rings (SSSR count). The first-order valence-corrected chi connectivity index (χ1v) is 12.5. The Bertz CT molecular complexity index is 1340. The first kappa shape index (κ1) is 27.1. The molecule has 0 unspecified atom stereocenters. The summed E-state index contributed by atoms with van der Waals surface area (Å²) in [5, 5.41) is 10.9. The van der Waals surface area contributed by atoms with Crippen molar-refractivity contribution in [1.29, 1.82) is 0 Å². The molecule has 0 bridgehead atoms. The van der Waals surface area contributed by atoms with Crippen LogP contribution in [0, 0.1) is 18.2 Å². The number of halogens is 1. The minimum atomic E-state index is -0.328. The number of carbonyl (C=O) groups is 1. The molecule has 0 aliphatic rings. The van der Waals surface area contributed by atoms with Crippen LogP contribution in [-0.4, -0.2) is 10.9 Å². The summed E-state index contributed by atoms with van der Waals surface area (Å²) < 4.78 is 14.4. The summed E-state index contributed by atoms with van der Waals surface area (Å²) in [5.74, 6) is -0.433. The van der Waals surface area contributed by atoms with Crippen LogP contribution in [0.4, 0.5) is 4.39 Å². The lowest BCUT2D eigenvalue weighted by atomic mass is 9.72. The Labute approximate surface area is 215 Å². The van der Waals surface area contributed by atoms with Crippen LogP contribution in [0.25, 0.3) is 16.7 Å². The van der Waals surface area contributed by atoms with Crippen molar-refractivity contribution in [2.45, 2.75) is 60.8 Å². The molecule has 3 aromatic rings. The zero-order valence-corrected chi connectivity index (χ0v) is 22.5. The van der Waals surface area contributed by atoms with Gasteiger partial charge in [-0.1, -0.05) is 76.2 Å². The average Bonchev–Trinajstić information content (AvgIpc) is 2.79. The second-order valence-corrected chi connectivity index (χ2v) is 10.7. The van der Waals surface area contributed by atoms with Gasteiger partial charge in [-0.05, 0) is 102 Å². The number of ketones is 1. The van der Waals surface area contributed by atoms with E-state index in [4.69, 9.17) is 0 Å². The lowest BCUT2D eigenvalue weighted by Crippen LogP contribution is -2.19. The Kier molecular flexibility index (Phi) is 8.03. The van der Waals surface area contributed by atoms with Crippen molar-refractivity contribution in [3.63, 3.8) is 0 Å². The summed E-state index contributed by atoms with van der Waals surface area (Å²) in [6.07, 6.45) is 0.861. The van der Waals surface area contributed by atoms with E-state index in [0.29, 0.717) is 11.1 Å². The fourth-order valence-corrected chi connectivity index (χ4v) is 5.17. The Balaban J connectivity index is 2.42. The molecule has 0 aromatic heterocycles. The fraction of sp³-hybridized carbons (Fsp3) is 0.303. The molecule has 0 saturated carbocycles.